The van der Waals surface area contributed by atoms with Crippen molar-refractivity contribution in [1.82, 2.24) is 14.1 Å². The number of carboxylic acid groups (broad SMARTS) is 1. The fourth-order valence-corrected chi connectivity index (χ4v) is 5.25. The first-order valence-corrected chi connectivity index (χ1v) is 11.2. The molecule has 0 aliphatic heterocycles. The van der Waals surface area contributed by atoms with Crippen LogP contribution in [0, 0.1) is 0 Å². The number of aromatic amines is 1. The van der Waals surface area contributed by atoms with Gasteiger partial charge in [0, 0.05) is 22.7 Å². The van der Waals surface area contributed by atoms with Gasteiger partial charge in [0.2, 0.25) is 0 Å². The van der Waals surface area contributed by atoms with Crippen LogP contribution in [0.4, 0.5) is 13.2 Å². The van der Waals surface area contributed by atoms with Crippen LogP contribution in [0.15, 0.2) is 55.4 Å². The minimum absolute atomic E-state index is 0.0281. The van der Waals surface area contributed by atoms with Crippen molar-refractivity contribution in [3.63, 3.8) is 0 Å². The number of benzene rings is 1. The molecule has 0 saturated carbocycles. The molecule has 4 aromatic heterocycles. The maximum atomic E-state index is 13.5. The van der Waals surface area contributed by atoms with Crippen LogP contribution < -0.4 is 11.2 Å². The van der Waals surface area contributed by atoms with E-state index in [1.807, 2.05) is 0 Å². The van der Waals surface area contributed by atoms with E-state index in [-0.39, 0.29) is 28.4 Å². The highest BCUT2D eigenvalue weighted by Crippen LogP contribution is 2.36. The predicted octanol–water partition coefficient (Wildman–Crippen LogP) is 4.52. The van der Waals surface area contributed by atoms with Gasteiger partial charge in [0.15, 0.2) is 5.69 Å². The van der Waals surface area contributed by atoms with Crippen LogP contribution in [0.5, 0.6) is 0 Å². The third-order valence-electron chi connectivity index (χ3n) is 5.25. The van der Waals surface area contributed by atoms with E-state index < -0.39 is 40.3 Å². The van der Waals surface area contributed by atoms with Gasteiger partial charge in [-0.3, -0.25) is 4.79 Å². The third-order valence-corrected chi connectivity index (χ3v) is 6.73. The number of nitrogens with one attached hydrogen (secondary N) is 1. The lowest BCUT2D eigenvalue weighted by Gasteiger charge is -2.09. The van der Waals surface area contributed by atoms with E-state index in [9.17, 15) is 32.7 Å². The van der Waals surface area contributed by atoms with Crippen molar-refractivity contribution < 1.29 is 23.1 Å². The number of hydrogen-bond donors (Lipinski definition) is 2. The molecule has 12 heteroatoms. The van der Waals surface area contributed by atoms with E-state index in [4.69, 9.17) is 0 Å². The Morgan fingerprint density at radius 3 is 2.52 bits per heavy atom. The summed E-state index contributed by atoms with van der Waals surface area (Å²) in [5.74, 6) is -1.48. The Morgan fingerprint density at radius 2 is 1.85 bits per heavy atom. The summed E-state index contributed by atoms with van der Waals surface area (Å²) in [4.78, 5) is 40.9. The quantitative estimate of drug-likeness (QED) is 0.386. The lowest BCUT2D eigenvalue weighted by molar-refractivity contribution is -0.137. The van der Waals surface area contributed by atoms with E-state index >= 15 is 0 Å². The van der Waals surface area contributed by atoms with Crippen molar-refractivity contribution >= 4 is 50.4 Å². The molecule has 0 unspecified atom stereocenters. The first-order chi connectivity index (χ1) is 15.7. The summed E-state index contributed by atoms with van der Waals surface area (Å²) in [6.45, 7) is 0.0281. The monoisotopic (exact) mass is 491 g/mol. The van der Waals surface area contributed by atoms with Crippen molar-refractivity contribution in [3.05, 3.63) is 83.4 Å². The third kappa shape index (κ3) is 3.38. The van der Waals surface area contributed by atoms with Crippen LogP contribution in [-0.2, 0) is 12.7 Å². The van der Waals surface area contributed by atoms with Gasteiger partial charge in [-0.2, -0.15) is 24.5 Å². The number of H-pyrrole nitrogens is 1. The van der Waals surface area contributed by atoms with E-state index in [1.165, 1.54) is 21.3 Å². The van der Waals surface area contributed by atoms with E-state index in [2.05, 4.69) is 4.98 Å². The number of thiophene rings is 2. The van der Waals surface area contributed by atoms with Gasteiger partial charge >= 0.3 is 17.8 Å². The van der Waals surface area contributed by atoms with Crippen LogP contribution in [0.2, 0.25) is 0 Å². The summed E-state index contributed by atoms with van der Waals surface area (Å²) in [6.07, 6.45) is -4.71. The zero-order chi connectivity index (χ0) is 23.5. The first kappa shape index (κ1) is 21.2. The molecule has 2 N–H and O–H groups in total. The Balaban J connectivity index is 1.95. The Labute approximate surface area is 189 Å². The largest absolute Gasteiger partial charge is 0.477 e. The highest BCUT2D eigenvalue weighted by molar-refractivity contribution is 7.09. The number of halogens is 3. The SMILES string of the molecule is O=C(O)c1c(-n2c(=O)[nH]c3cscc3c2=O)c2cc(C(F)(F)F)ccc2n1Cc1ccsc1. The fraction of sp³-hybridized carbons (Fsp3) is 0.0952. The molecule has 0 amide bonds. The molecular weight excluding hydrogens is 479 g/mol. The second kappa shape index (κ2) is 7.46. The lowest BCUT2D eigenvalue weighted by Crippen LogP contribution is -2.34. The van der Waals surface area contributed by atoms with Crippen LogP contribution in [0.1, 0.15) is 21.6 Å². The topological polar surface area (TPSA) is 97.1 Å². The average Bonchev–Trinajstić information content (AvgIpc) is 3.47. The summed E-state index contributed by atoms with van der Waals surface area (Å²) in [7, 11) is 0. The molecule has 5 rings (SSSR count). The molecule has 0 saturated heterocycles. The van der Waals surface area contributed by atoms with Gasteiger partial charge < -0.3 is 14.7 Å². The van der Waals surface area contributed by atoms with E-state index in [0.29, 0.717) is 4.57 Å². The molecular formula is C21H12F3N3O4S2. The summed E-state index contributed by atoms with van der Waals surface area (Å²) in [6, 6.07) is 4.52. The molecule has 0 radical (unpaired) electrons. The average molecular weight is 491 g/mol. The molecule has 168 valence electrons. The van der Waals surface area contributed by atoms with Crippen molar-refractivity contribution in [2.75, 3.05) is 0 Å². The fourth-order valence-electron chi connectivity index (χ4n) is 3.83. The minimum atomic E-state index is -4.71. The number of fused-ring (bicyclic) bond motifs is 2. The predicted molar refractivity (Wildman–Crippen MR) is 119 cm³/mol. The first-order valence-electron chi connectivity index (χ1n) is 9.36. The molecule has 4 heterocycles. The number of aromatic carboxylic acids is 1. The Morgan fingerprint density at radius 1 is 1.06 bits per heavy atom. The van der Waals surface area contributed by atoms with Crippen molar-refractivity contribution in [2.45, 2.75) is 12.7 Å². The molecule has 0 spiro atoms. The maximum Gasteiger partial charge on any atom is 0.416 e. The normalized spacial score (nSPS) is 12.1. The van der Waals surface area contributed by atoms with Crippen molar-refractivity contribution in [3.8, 4) is 5.69 Å². The van der Waals surface area contributed by atoms with Crippen molar-refractivity contribution in [1.29, 1.82) is 0 Å². The van der Waals surface area contributed by atoms with Gasteiger partial charge in [-0.15, -0.1) is 11.3 Å². The van der Waals surface area contributed by atoms with Gasteiger partial charge in [-0.25, -0.2) is 14.2 Å². The molecule has 0 fully saturated rings. The van der Waals surface area contributed by atoms with Gasteiger partial charge in [0.05, 0.1) is 27.7 Å². The molecule has 7 nitrogen and oxygen atoms in total. The number of alkyl halides is 3. The molecule has 5 aromatic rings. The lowest BCUT2D eigenvalue weighted by atomic mass is 10.1. The van der Waals surface area contributed by atoms with Gasteiger partial charge in [0.1, 0.15) is 0 Å². The van der Waals surface area contributed by atoms with E-state index in [0.717, 1.165) is 35.1 Å². The second-order valence-electron chi connectivity index (χ2n) is 7.22. The van der Waals surface area contributed by atoms with Crippen LogP contribution in [-0.4, -0.2) is 25.2 Å². The number of carbonyl (C=O) groups is 1. The van der Waals surface area contributed by atoms with Gasteiger partial charge in [-0.05, 0) is 40.6 Å². The van der Waals surface area contributed by atoms with Gasteiger partial charge in [-0.1, -0.05) is 0 Å². The Kier molecular flexibility index (Phi) is 4.79. The van der Waals surface area contributed by atoms with Crippen LogP contribution >= 0.6 is 22.7 Å². The van der Waals surface area contributed by atoms with Crippen molar-refractivity contribution in [2.24, 2.45) is 0 Å². The number of rotatable bonds is 4. The number of hydrogen-bond acceptors (Lipinski definition) is 5. The van der Waals surface area contributed by atoms with E-state index in [1.54, 1.807) is 22.2 Å². The summed E-state index contributed by atoms with van der Waals surface area (Å²) in [5, 5.41) is 16.6. The summed E-state index contributed by atoms with van der Waals surface area (Å²) < 4.78 is 42.4. The number of carboxylic acids is 1. The summed E-state index contributed by atoms with van der Waals surface area (Å²) in [5.41, 5.74) is -2.51. The molecule has 33 heavy (non-hydrogen) atoms. The zero-order valence-corrected chi connectivity index (χ0v) is 18.0. The van der Waals surface area contributed by atoms with Crippen LogP contribution in [0.3, 0.4) is 0 Å². The van der Waals surface area contributed by atoms with Crippen LogP contribution in [0.25, 0.3) is 27.5 Å². The number of nitrogens with zero attached hydrogens (tertiary/aromatic N) is 2. The smallest absolute Gasteiger partial charge is 0.416 e. The Hall–Kier alpha value is -3.64. The molecule has 1 aromatic carbocycles. The minimum Gasteiger partial charge on any atom is -0.477 e. The second-order valence-corrected chi connectivity index (χ2v) is 8.74. The molecule has 0 atom stereocenters. The highest BCUT2D eigenvalue weighted by atomic mass is 32.1. The number of aromatic nitrogens is 3. The highest BCUT2D eigenvalue weighted by Gasteiger charge is 2.33. The zero-order valence-electron chi connectivity index (χ0n) is 16.3. The standard InChI is InChI=1S/C21H12F3N3O4S2/c22-21(23,24)11-1-2-15-12(5-11)16(17(19(29)30)26(15)6-10-3-4-32-7-10)27-18(28)13-8-33-9-14(13)25-20(27)31/h1-5,7-9H,6H2,(H,25,31)(H,29,30). The Bertz CT molecular complexity index is 1660. The summed E-state index contributed by atoms with van der Waals surface area (Å²) >= 11 is 2.53. The molecule has 0 aliphatic carbocycles. The molecule has 0 aliphatic rings. The molecule has 0 bridgehead atoms. The maximum absolute atomic E-state index is 13.5. The van der Waals surface area contributed by atoms with Gasteiger partial charge in [0.25, 0.3) is 5.56 Å².